The zero-order valence-electron chi connectivity index (χ0n) is 15.0. The van der Waals surface area contributed by atoms with E-state index >= 15 is 0 Å². The predicted molar refractivity (Wildman–Crippen MR) is 98.3 cm³/mol. The van der Waals surface area contributed by atoms with Crippen LogP contribution in [0.15, 0.2) is 42.9 Å². The molecule has 4 aromatic rings. The SMILES string of the molecule is Cc1nc(NCc2cccc3cc[n+](O)cc23)n2ncc(C(C)C)c2n1. The molecule has 0 amide bonds. The summed E-state index contributed by atoms with van der Waals surface area (Å²) in [7, 11) is 0. The number of aryl methyl sites for hydroxylation is 1. The van der Waals surface area contributed by atoms with Crippen LogP contribution in [-0.4, -0.2) is 24.8 Å². The molecule has 7 nitrogen and oxygen atoms in total. The molecule has 0 spiro atoms. The fourth-order valence-corrected chi connectivity index (χ4v) is 3.12. The Kier molecular flexibility index (Phi) is 3.91. The van der Waals surface area contributed by atoms with Crippen LogP contribution in [0.1, 0.15) is 36.7 Å². The smallest absolute Gasteiger partial charge is 0.230 e. The highest BCUT2D eigenvalue weighted by Crippen LogP contribution is 2.22. The van der Waals surface area contributed by atoms with Crippen molar-refractivity contribution in [2.75, 3.05) is 5.32 Å². The quantitative estimate of drug-likeness (QED) is 0.437. The van der Waals surface area contributed by atoms with Gasteiger partial charge in [0.2, 0.25) is 18.3 Å². The third-order valence-corrected chi connectivity index (χ3v) is 4.46. The van der Waals surface area contributed by atoms with E-state index in [1.54, 1.807) is 16.9 Å². The Hall–Kier alpha value is -3.22. The molecule has 26 heavy (non-hydrogen) atoms. The van der Waals surface area contributed by atoms with E-state index in [0.717, 1.165) is 32.3 Å². The maximum atomic E-state index is 9.73. The van der Waals surface area contributed by atoms with E-state index in [1.165, 1.54) is 0 Å². The van der Waals surface area contributed by atoms with Gasteiger partial charge in [-0.2, -0.15) is 14.6 Å². The second-order valence-electron chi connectivity index (χ2n) is 6.68. The second-order valence-corrected chi connectivity index (χ2v) is 6.68. The Morgan fingerprint density at radius 1 is 1.23 bits per heavy atom. The van der Waals surface area contributed by atoms with Crippen LogP contribution in [0.2, 0.25) is 0 Å². The molecule has 3 heterocycles. The van der Waals surface area contributed by atoms with E-state index < -0.39 is 0 Å². The molecule has 0 saturated heterocycles. The minimum atomic E-state index is 0.340. The maximum absolute atomic E-state index is 9.73. The van der Waals surface area contributed by atoms with Crippen LogP contribution in [0.25, 0.3) is 16.4 Å². The van der Waals surface area contributed by atoms with Gasteiger partial charge >= 0.3 is 0 Å². The van der Waals surface area contributed by atoms with Gasteiger partial charge in [0.25, 0.3) is 0 Å². The molecule has 1 aromatic carbocycles. The minimum absolute atomic E-state index is 0.340. The van der Waals surface area contributed by atoms with Crippen LogP contribution in [0.4, 0.5) is 5.95 Å². The zero-order chi connectivity index (χ0) is 18.3. The summed E-state index contributed by atoms with van der Waals surface area (Å²) in [4.78, 5) is 9.06. The second kappa shape index (κ2) is 6.25. The molecule has 0 atom stereocenters. The number of fused-ring (bicyclic) bond motifs is 2. The molecule has 4 rings (SSSR count). The van der Waals surface area contributed by atoms with Crippen molar-refractivity contribution in [3.05, 3.63) is 59.8 Å². The van der Waals surface area contributed by atoms with E-state index in [1.807, 2.05) is 37.4 Å². The summed E-state index contributed by atoms with van der Waals surface area (Å²) >= 11 is 0. The van der Waals surface area contributed by atoms with Crippen LogP contribution in [0.3, 0.4) is 0 Å². The average molecular weight is 349 g/mol. The molecule has 0 radical (unpaired) electrons. The number of rotatable bonds is 4. The summed E-state index contributed by atoms with van der Waals surface area (Å²) in [6.45, 7) is 6.70. The van der Waals surface area contributed by atoms with E-state index in [-0.39, 0.29) is 0 Å². The van der Waals surface area contributed by atoms with Gasteiger partial charge < -0.3 is 5.32 Å². The number of hydrogen-bond donors (Lipinski definition) is 2. The Bertz CT molecular complexity index is 1100. The molecule has 0 bridgehead atoms. The third-order valence-electron chi connectivity index (χ3n) is 4.46. The van der Waals surface area contributed by atoms with Gasteiger partial charge in [-0.3, -0.25) is 5.21 Å². The van der Waals surface area contributed by atoms with Gasteiger partial charge in [0, 0.05) is 22.9 Å². The largest absolute Gasteiger partial charge is 0.350 e. The molecule has 0 saturated carbocycles. The van der Waals surface area contributed by atoms with Crippen LogP contribution < -0.4 is 10.0 Å². The number of aromatic nitrogens is 5. The van der Waals surface area contributed by atoms with E-state index in [9.17, 15) is 5.21 Å². The molecule has 7 heteroatoms. The van der Waals surface area contributed by atoms with Crippen molar-refractivity contribution in [1.29, 1.82) is 0 Å². The summed E-state index contributed by atoms with van der Waals surface area (Å²) in [5, 5.41) is 19.6. The van der Waals surface area contributed by atoms with Gasteiger partial charge in [0.15, 0.2) is 5.65 Å². The maximum Gasteiger partial charge on any atom is 0.230 e. The van der Waals surface area contributed by atoms with Crippen molar-refractivity contribution in [3.8, 4) is 0 Å². The Morgan fingerprint density at radius 2 is 2.08 bits per heavy atom. The van der Waals surface area contributed by atoms with Crippen molar-refractivity contribution < 1.29 is 9.94 Å². The normalized spacial score (nSPS) is 11.5. The van der Waals surface area contributed by atoms with Crippen LogP contribution >= 0.6 is 0 Å². The Morgan fingerprint density at radius 3 is 2.88 bits per heavy atom. The lowest BCUT2D eigenvalue weighted by Crippen LogP contribution is -2.28. The number of anilines is 1. The van der Waals surface area contributed by atoms with Gasteiger partial charge in [-0.25, -0.2) is 4.98 Å². The molecule has 2 N–H and O–H groups in total. The summed E-state index contributed by atoms with van der Waals surface area (Å²) in [6, 6.07) is 7.94. The molecular formula is C19H21N6O+. The first-order valence-corrected chi connectivity index (χ1v) is 8.61. The molecule has 0 aliphatic carbocycles. The lowest BCUT2D eigenvalue weighted by molar-refractivity contribution is -0.904. The Labute approximate surface area is 150 Å². The van der Waals surface area contributed by atoms with E-state index in [2.05, 4.69) is 34.2 Å². The first-order chi connectivity index (χ1) is 12.5. The summed E-state index contributed by atoms with van der Waals surface area (Å²) < 4.78 is 2.82. The van der Waals surface area contributed by atoms with Gasteiger partial charge in [-0.05, 0) is 23.8 Å². The van der Waals surface area contributed by atoms with E-state index in [0.29, 0.717) is 24.2 Å². The molecular weight excluding hydrogens is 328 g/mol. The monoisotopic (exact) mass is 349 g/mol. The van der Waals surface area contributed by atoms with Gasteiger partial charge in [0.05, 0.1) is 11.6 Å². The third kappa shape index (κ3) is 2.81. The molecule has 0 unspecified atom stereocenters. The van der Waals surface area contributed by atoms with Crippen LogP contribution in [-0.2, 0) is 6.54 Å². The number of benzene rings is 1. The number of nitrogens with one attached hydrogen (secondary N) is 1. The molecule has 3 aromatic heterocycles. The zero-order valence-corrected chi connectivity index (χ0v) is 15.0. The average Bonchev–Trinajstić information content (AvgIpc) is 3.03. The first kappa shape index (κ1) is 16.3. The van der Waals surface area contributed by atoms with Crippen molar-refractivity contribution >= 4 is 22.4 Å². The fourth-order valence-electron chi connectivity index (χ4n) is 3.12. The summed E-state index contributed by atoms with van der Waals surface area (Å²) in [5.41, 5.74) is 3.00. The highest BCUT2D eigenvalue weighted by molar-refractivity contribution is 5.84. The lowest BCUT2D eigenvalue weighted by atomic mass is 10.1. The highest BCUT2D eigenvalue weighted by atomic mass is 16.5. The van der Waals surface area contributed by atoms with E-state index in [4.69, 9.17) is 0 Å². The van der Waals surface area contributed by atoms with Crippen molar-refractivity contribution in [3.63, 3.8) is 0 Å². The molecule has 0 aliphatic heterocycles. The minimum Gasteiger partial charge on any atom is -0.350 e. The summed E-state index contributed by atoms with van der Waals surface area (Å²) in [5.74, 6) is 1.70. The van der Waals surface area contributed by atoms with Crippen LogP contribution in [0.5, 0.6) is 0 Å². The van der Waals surface area contributed by atoms with Crippen molar-refractivity contribution in [2.45, 2.75) is 33.2 Å². The molecule has 0 aliphatic rings. The lowest BCUT2D eigenvalue weighted by Gasteiger charge is -2.10. The molecule has 132 valence electrons. The first-order valence-electron chi connectivity index (χ1n) is 8.61. The van der Waals surface area contributed by atoms with Gasteiger partial charge in [0.1, 0.15) is 5.82 Å². The van der Waals surface area contributed by atoms with Crippen LogP contribution in [0, 0.1) is 6.92 Å². The number of nitrogens with zero attached hydrogens (tertiary/aromatic N) is 5. The number of hydrogen-bond acceptors (Lipinski definition) is 5. The number of pyridine rings is 1. The Balaban J connectivity index is 1.72. The van der Waals surface area contributed by atoms with Gasteiger partial charge in [-0.1, -0.05) is 32.0 Å². The van der Waals surface area contributed by atoms with Gasteiger partial charge in [-0.15, -0.1) is 0 Å². The standard InChI is InChI=1S/C19H21N6O/c1-12(2)16-10-21-25-18(16)22-13(3)23-19(25)20-9-15-6-4-5-14-7-8-24(26)11-17(14)15/h4-8,10-12,26H,9H2,1-3H3,(H,20,22,23)/q+1. The summed E-state index contributed by atoms with van der Waals surface area (Å²) in [6.07, 6.45) is 5.18. The van der Waals surface area contributed by atoms with Crippen molar-refractivity contribution in [2.24, 2.45) is 0 Å². The van der Waals surface area contributed by atoms with Crippen molar-refractivity contribution in [1.82, 2.24) is 19.6 Å². The predicted octanol–water partition coefficient (Wildman–Crippen LogP) is 2.85. The highest BCUT2D eigenvalue weighted by Gasteiger charge is 2.14. The fraction of sp³-hybridized carbons (Fsp3) is 0.263. The topological polar surface area (TPSA) is 79.2 Å². The molecule has 0 fully saturated rings.